The summed E-state index contributed by atoms with van der Waals surface area (Å²) in [6.07, 6.45) is 12.2. The van der Waals surface area contributed by atoms with Crippen LogP contribution in [0.5, 0.6) is 11.5 Å². The SMILES string of the molecule is CCc1cc(Oc2ccc3nc(CCC4CCCCC4)sc3c2)ccn1. The fourth-order valence-corrected chi connectivity index (χ4v) is 4.79. The topological polar surface area (TPSA) is 35.0 Å². The summed E-state index contributed by atoms with van der Waals surface area (Å²) < 4.78 is 7.25. The Morgan fingerprint density at radius 1 is 1.08 bits per heavy atom. The van der Waals surface area contributed by atoms with Crippen LogP contribution in [0, 0.1) is 5.92 Å². The first kappa shape index (κ1) is 17.5. The lowest BCUT2D eigenvalue weighted by molar-refractivity contribution is 0.339. The lowest BCUT2D eigenvalue weighted by Crippen LogP contribution is -2.07. The minimum Gasteiger partial charge on any atom is -0.457 e. The third kappa shape index (κ3) is 4.24. The number of pyridine rings is 1. The maximum absolute atomic E-state index is 6.03. The number of ether oxygens (including phenoxy) is 1. The number of fused-ring (bicyclic) bond motifs is 1. The number of rotatable bonds is 6. The first-order chi connectivity index (χ1) is 12.8. The second-order valence-corrected chi connectivity index (χ2v) is 8.33. The van der Waals surface area contributed by atoms with Crippen LogP contribution in [0.3, 0.4) is 0 Å². The molecule has 0 unspecified atom stereocenters. The molecule has 4 rings (SSSR count). The quantitative estimate of drug-likeness (QED) is 0.495. The molecule has 0 radical (unpaired) electrons. The molecule has 1 aliphatic rings. The molecular formula is C22H26N2OS. The molecule has 2 heterocycles. The summed E-state index contributed by atoms with van der Waals surface area (Å²) in [6.45, 7) is 2.10. The van der Waals surface area contributed by atoms with Crippen molar-refractivity contribution in [3.8, 4) is 11.5 Å². The lowest BCUT2D eigenvalue weighted by Gasteiger charge is -2.20. The molecule has 136 valence electrons. The van der Waals surface area contributed by atoms with E-state index in [-0.39, 0.29) is 0 Å². The van der Waals surface area contributed by atoms with E-state index in [1.165, 1.54) is 48.2 Å². The van der Waals surface area contributed by atoms with Crippen LogP contribution in [0.2, 0.25) is 0 Å². The lowest BCUT2D eigenvalue weighted by atomic mass is 9.86. The maximum atomic E-state index is 6.03. The van der Waals surface area contributed by atoms with Gasteiger partial charge in [0.2, 0.25) is 0 Å². The molecule has 1 fully saturated rings. The van der Waals surface area contributed by atoms with Crippen molar-refractivity contribution < 1.29 is 4.74 Å². The minimum atomic E-state index is 0.846. The summed E-state index contributed by atoms with van der Waals surface area (Å²) in [5, 5.41) is 1.26. The van der Waals surface area contributed by atoms with Gasteiger partial charge in [0.1, 0.15) is 11.5 Å². The van der Waals surface area contributed by atoms with Crippen LogP contribution in [0.1, 0.15) is 56.2 Å². The number of thiazole rings is 1. The Morgan fingerprint density at radius 2 is 1.92 bits per heavy atom. The monoisotopic (exact) mass is 366 g/mol. The van der Waals surface area contributed by atoms with E-state index < -0.39 is 0 Å². The van der Waals surface area contributed by atoms with E-state index in [9.17, 15) is 0 Å². The molecule has 26 heavy (non-hydrogen) atoms. The van der Waals surface area contributed by atoms with Crippen molar-refractivity contribution in [2.45, 2.75) is 58.3 Å². The second-order valence-electron chi connectivity index (χ2n) is 7.22. The molecule has 0 saturated heterocycles. The number of aromatic nitrogens is 2. The number of hydrogen-bond donors (Lipinski definition) is 0. The van der Waals surface area contributed by atoms with E-state index in [1.807, 2.05) is 35.7 Å². The van der Waals surface area contributed by atoms with Crippen LogP contribution in [-0.4, -0.2) is 9.97 Å². The molecular weight excluding hydrogens is 340 g/mol. The van der Waals surface area contributed by atoms with Crippen LogP contribution >= 0.6 is 11.3 Å². The molecule has 4 heteroatoms. The molecule has 3 nitrogen and oxygen atoms in total. The molecule has 1 aromatic carbocycles. The summed E-state index contributed by atoms with van der Waals surface area (Å²) in [7, 11) is 0. The van der Waals surface area contributed by atoms with Crippen molar-refractivity contribution in [1.82, 2.24) is 9.97 Å². The highest BCUT2D eigenvalue weighted by Gasteiger charge is 2.14. The predicted molar refractivity (Wildman–Crippen MR) is 108 cm³/mol. The van der Waals surface area contributed by atoms with Crippen LogP contribution in [-0.2, 0) is 12.8 Å². The van der Waals surface area contributed by atoms with Crippen LogP contribution in [0.15, 0.2) is 36.5 Å². The Labute approximate surface area is 159 Å². The summed E-state index contributed by atoms with van der Waals surface area (Å²) in [5.74, 6) is 2.63. The van der Waals surface area contributed by atoms with Gasteiger partial charge < -0.3 is 4.74 Å². The molecule has 2 aromatic heterocycles. The molecule has 0 amide bonds. The Kier molecular flexibility index (Phi) is 5.49. The van der Waals surface area contributed by atoms with Crippen molar-refractivity contribution in [3.05, 3.63) is 47.2 Å². The Morgan fingerprint density at radius 3 is 2.77 bits per heavy atom. The third-order valence-electron chi connectivity index (χ3n) is 5.28. The largest absolute Gasteiger partial charge is 0.457 e. The predicted octanol–water partition coefficient (Wildman–Crippen LogP) is 6.56. The van der Waals surface area contributed by atoms with Gasteiger partial charge in [-0.15, -0.1) is 11.3 Å². The van der Waals surface area contributed by atoms with Crippen molar-refractivity contribution in [3.63, 3.8) is 0 Å². The van der Waals surface area contributed by atoms with Gasteiger partial charge in [-0.2, -0.15) is 0 Å². The molecule has 0 bridgehead atoms. The summed E-state index contributed by atoms with van der Waals surface area (Å²) in [4.78, 5) is 9.15. The van der Waals surface area contributed by atoms with E-state index in [4.69, 9.17) is 9.72 Å². The molecule has 0 atom stereocenters. The Hall–Kier alpha value is -1.94. The van der Waals surface area contributed by atoms with E-state index >= 15 is 0 Å². The highest BCUT2D eigenvalue weighted by molar-refractivity contribution is 7.18. The summed E-state index contributed by atoms with van der Waals surface area (Å²) in [5.41, 5.74) is 2.14. The van der Waals surface area contributed by atoms with E-state index in [1.54, 1.807) is 0 Å². The number of hydrogen-bond acceptors (Lipinski definition) is 4. The molecule has 0 aliphatic heterocycles. The smallest absolute Gasteiger partial charge is 0.130 e. The van der Waals surface area contributed by atoms with Crippen molar-refractivity contribution in [2.24, 2.45) is 5.92 Å². The van der Waals surface area contributed by atoms with Gasteiger partial charge in [0, 0.05) is 24.0 Å². The van der Waals surface area contributed by atoms with Gasteiger partial charge in [-0.05, 0) is 43.4 Å². The van der Waals surface area contributed by atoms with Gasteiger partial charge in [-0.1, -0.05) is 39.0 Å². The standard InChI is InChI=1S/C22H26N2OS/c1-2-17-14-19(12-13-23-17)25-18-9-10-20-21(15-18)26-22(24-20)11-8-16-6-4-3-5-7-16/h9-10,12-16H,2-8,11H2,1H3. The van der Waals surface area contributed by atoms with E-state index in [2.05, 4.69) is 24.0 Å². The second kappa shape index (κ2) is 8.17. The Balaban J connectivity index is 1.44. The van der Waals surface area contributed by atoms with Crippen LogP contribution in [0.4, 0.5) is 0 Å². The molecule has 1 saturated carbocycles. The van der Waals surface area contributed by atoms with Crippen molar-refractivity contribution in [2.75, 3.05) is 0 Å². The summed E-state index contributed by atoms with van der Waals surface area (Å²) >= 11 is 1.81. The van der Waals surface area contributed by atoms with Crippen LogP contribution < -0.4 is 4.74 Å². The average Bonchev–Trinajstić information content (AvgIpc) is 3.09. The van der Waals surface area contributed by atoms with Gasteiger partial charge in [-0.25, -0.2) is 4.98 Å². The van der Waals surface area contributed by atoms with Crippen molar-refractivity contribution in [1.29, 1.82) is 0 Å². The number of nitrogens with zero attached hydrogens (tertiary/aromatic N) is 2. The zero-order chi connectivity index (χ0) is 17.8. The normalized spacial score (nSPS) is 15.4. The zero-order valence-corrected chi connectivity index (χ0v) is 16.2. The molecule has 3 aromatic rings. The van der Waals surface area contributed by atoms with E-state index in [0.29, 0.717) is 0 Å². The van der Waals surface area contributed by atoms with E-state index in [0.717, 1.165) is 41.5 Å². The van der Waals surface area contributed by atoms with Gasteiger partial charge in [-0.3, -0.25) is 4.98 Å². The highest BCUT2D eigenvalue weighted by atomic mass is 32.1. The minimum absolute atomic E-state index is 0.846. The van der Waals surface area contributed by atoms with Crippen molar-refractivity contribution >= 4 is 21.6 Å². The maximum Gasteiger partial charge on any atom is 0.130 e. The fraction of sp³-hybridized carbons (Fsp3) is 0.455. The summed E-state index contributed by atoms with van der Waals surface area (Å²) in [6, 6.07) is 10.1. The van der Waals surface area contributed by atoms with Gasteiger partial charge in [0.05, 0.1) is 15.2 Å². The first-order valence-electron chi connectivity index (χ1n) is 9.82. The fourth-order valence-electron chi connectivity index (χ4n) is 3.78. The number of benzene rings is 1. The van der Waals surface area contributed by atoms with Gasteiger partial charge in [0.25, 0.3) is 0 Å². The zero-order valence-electron chi connectivity index (χ0n) is 15.4. The molecule has 0 spiro atoms. The number of aryl methyl sites for hydroxylation is 2. The molecule has 1 aliphatic carbocycles. The van der Waals surface area contributed by atoms with Gasteiger partial charge in [0.15, 0.2) is 0 Å². The van der Waals surface area contributed by atoms with Crippen LogP contribution in [0.25, 0.3) is 10.2 Å². The first-order valence-corrected chi connectivity index (χ1v) is 10.6. The van der Waals surface area contributed by atoms with Gasteiger partial charge >= 0.3 is 0 Å². The third-order valence-corrected chi connectivity index (χ3v) is 6.36. The average molecular weight is 367 g/mol. The molecule has 0 N–H and O–H groups in total. The Bertz CT molecular complexity index is 867. The highest BCUT2D eigenvalue weighted by Crippen LogP contribution is 2.32.